The van der Waals surface area contributed by atoms with Crippen LogP contribution in [0.5, 0.6) is 0 Å². The van der Waals surface area contributed by atoms with Crippen LogP contribution in [0.4, 0.5) is 0 Å². The van der Waals surface area contributed by atoms with Crippen LogP contribution < -0.4 is 10.6 Å². The molecule has 9 heteroatoms. The zero-order chi connectivity index (χ0) is 19.2. The van der Waals surface area contributed by atoms with Crippen LogP contribution in [0.15, 0.2) is 17.1 Å². The fraction of sp³-hybridized carbons (Fsp3) is 0.667. The summed E-state index contributed by atoms with van der Waals surface area (Å²) >= 11 is 7.66. The summed E-state index contributed by atoms with van der Waals surface area (Å²) in [5, 5.41) is 6.29. The number of hydrogen-bond acceptors (Lipinski definition) is 4. The Kier molecular flexibility index (Phi) is 10.4. The molecule has 1 saturated heterocycles. The maximum atomic E-state index is 11.9. The highest BCUT2D eigenvalue weighted by Crippen LogP contribution is 2.23. The third-order valence-electron chi connectivity index (χ3n) is 4.27. The van der Waals surface area contributed by atoms with Crippen molar-refractivity contribution in [1.82, 2.24) is 20.4 Å². The van der Waals surface area contributed by atoms with E-state index in [2.05, 4.69) is 31.5 Å². The van der Waals surface area contributed by atoms with Gasteiger partial charge in [-0.15, -0.1) is 35.3 Å². The van der Waals surface area contributed by atoms with Crippen molar-refractivity contribution in [2.24, 2.45) is 10.4 Å². The van der Waals surface area contributed by atoms with Gasteiger partial charge in [-0.3, -0.25) is 14.7 Å². The van der Waals surface area contributed by atoms with Crippen LogP contribution in [0.3, 0.4) is 0 Å². The molecule has 2 rings (SSSR count). The number of nitrogens with one attached hydrogen (secondary N) is 2. The maximum Gasteiger partial charge on any atom is 0.225 e. The second-order valence-electron chi connectivity index (χ2n) is 7.45. The number of thiophene rings is 1. The number of piperazine rings is 1. The van der Waals surface area contributed by atoms with Crippen molar-refractivity contribution in [3.8, 4) is 0 Å². The largest absolute Gasteiger partial charge is 0.354 e. The first-order chi connectivity index (χ1) is 12.3. The van der Waals surface area contributed by atoms with Crippen LogP contribution in [-0.4, -0.2) is 68.0 Å². The number of amides is 1. The lowest BCUT2D eigenvalue weighted by Gasteiger charge is -2.36. The van der Waals surface area contributed by atoms with E-state index in [4.69, 9.17) is 11.6 Å². The SMILES string of the molecule is CN=C(NCCNC(=O)C(C)(C)C)N1CCN(Cc2ccc(Cl)s2)CC1.I. The van der Waals surface area contributed by atoms with E-state index in [1.165, 1.54) is 4.88 Å². The molecule has 154 valence electrons. The zero-order valence-electron chi connectivity index (χ0n) is 16.5. The van der Waals surface area contributed by atoms with Crippen LogP contribution in [0.25, 0.3) is 0 Å². The van der Waals surface area contributed by atoms with Crippen molar-refractivity contribution in [2.45, 2.75) is 27.3 Å². The quantitative estimate of drug-likeness (QED) is 0.268. The third kappa shape index (κ3) is 8.13. The molecule has 1 fully saturated rings. The Morgan fingerprint density at radius 2 is 1.81 bits per heavy atom. The first-order valence-electron chi connectivity index (χ1n) is 9.00. The number of carbonyl (C=O) groups is 1. The highest BCUT2D eigenvalue weighted by Gasteiger charge is 2.21. The minimum atomic E-state index is -0.356. The Balaban J connectivity index is 0.00000364. The lowest BCUT2D eigenvalue weighted by atomic mass is 9.96. The van der Waals surface area contributed by atoms with Gasteiger partial charge in [0.1, 0.15) is 0 Å². The molecule has 0 aromatic carbocycles. The van der Waals surface area contributed by atoms with E-state index in [0.29, 0.717) is 13.1 Å². The Labute approximate surface area is 188 Å². The molecule has 6 nitrogen and oxygen atoms in total. The highest BCUT2D eigenvalue weighted by molar-refractivity contribution is 14.0. The van der Waals surface area contributed by atoms with Crippen molar-refractivity contribution in [3.63, 3.8) is 0 Å². The summed E-state index contributed by atoms with van der Waals surface area (Å²) in [5.41, 5.74) is -0.356. The first-order valence-corrected chi connectivity index (χ1v) is 10.2. The van der Waals surface area contributed by atoms with Gasteiger partial charge in [-0.2, -0.15) is 0 Å². The Morgan fingerprint density at radius 1 is 1.19 bits per heavy atom. The second-order valence-corrected chi connectivity index (χ2v) is 9.25. The summed E-state index contributed by atoms with van der Waals surface area (Å²) in [6.07, 6.45) is 0. The van der Waals surface area contributed by atoms with Gasteiger partial charge >= 0.3 is 0 Å². The predicted octanol–water partition coefficient (Wildman–Crippen LogP) is 2.87. The molecule has 2 N–H and O–H groups in total. The Morgan fingerprint density at radius 3 is 2.33 bits per heavy atom. The highest BCUT2D eigenvalue weighted by atomic mass is 127. The van der Waals surface area contributed by atoms with E-state index in [-0.39, 0.29) is 35.3 Å². The lowest BCUT2D eigenvalue weighted by molar-refractivity contribution is -0.128. The topological polar surface area (TPSA) is 60.0 Å². The maximum absolute atomic E-state index is 11.9. The summed E-state index contributed by atoms with van der Waals surface area (Å²) in [6, 6.07) is 4.06. The number of guanidine groups is 1. The minimum Gasteiger partial charge on any atom is -0.354 e. The summed E-state index contributed by atoms with van der Waals surface area (Å²) in [7, 11) is 1.80. The number of carbonyl (C=O) groups excluding carboxylic acids is 1. The molecule has 0 atom stereocenters. The minimum absolute atomic E-state index is 0. The molecular formula is C18H31ClIN5OS. The molecule has 0 spiro atoms. The Hall–Kier alpha value is -0.580. The van der Waals surface area contributed by atoms with E-state index in [1.807, 2.05) is 26.8 Å². The van der Waals surface area contributed by atoms with Gasteiger partial charge < -0.3 is 15.5 Å². The molecule has 1 aliphatic heterocycles. The fourth-order valence-corrected chi connectivity index (χ4v) is 3.85. The third-order valence-corrected chi connectivity index (χ3v) is 5.48. The number of aliphatic imine (C=N–C) groups is 1. The van der Waals surface area contributed by atoms with E-state index >= 15 is 0 Å². The van der Waals surface area contributed by atoms with E-state index < -0.39 is 0 Å². The molecule has 0 unspecified atom stereocenters. The van der Waals surface area contributed by atoms with Crippen molar-refractivity contribution in [3.05, 3.63) is 21.3 Å². The average Bonchev–Trinajstić information content (AvgIpc) is 3.00. The van der Waals surface area contributed by atoms with Crippen LogP contribution in [-0.2, 0) is 11.3 Å². The summed E-state index contributed by atoms with van der Waals surface area (Å²) in [6.45, 7) is 11.8. The van der Waals surface area contributed by atoms with Gasteiger partial charge in [0.25, 0.3) is 0 Å². The molecule has 27 heavy (non-hydrogen) atoms. The summed E-state index contributed by atoms with van der Waals surface area (Å²) < 4.78 is 0.849. The molecule has 1 aromatic heterocycles. The number of halogens is 2. The standard InChI is InChI=1S/C18H30ClN5OS.HI/c1-18(2,3)16(25)21-7-8-22-17(20-4)24-11-9-23(10-12-24)13-14-5-6-15(19)26-14;/h5-6H,7-13H2,1-4H3,(H,20,22)(H,21,25);1H. The molecule has 1 amide bonds. The van der Waals surface area contributed by atoms with E-state index in [9.17, 15) is 4.79 Å². The summed E-state index contributed by atoms with van der Waals surface area (Å²) in [4.78, 5) is 22.3. The number of hydrogen-bond donors (Lipinski definition) is 2. The molecule has 1 aromatic rings. The molecule has 0 saturated carbocycles. The average molecular weight is 528 g/mol. The van der Waals surface area contributed by atoms with Crippen LogP contribution in [0.2, 0.25) is 4.34 Å². The molecule has 0 bridgehead atoms. The van der Waals surface area contributed by atoms with Crippen molar-refractivity contribution < 1.29 is 4.79 Å². The van der Waals surface area contributed by atoms with Gasteiger partial charge in [-0.1, -0.05) is 32.4 Å². The van der Waals surface area contributed by atoms with Gasteiger partial charge in [0.2, 0.25) is 5.91 Å². The van der Waals surface area contributed by atoms with Crippen molar-refractivity contribution >= 4 is 58.8 Å². The summed E-state index contributed by atoms with van der Waals surface area (Å²) in [5.74, 6) is 0.963. The van der Waals surface area contributed by atoms with Crippen LogP contribution >= 0.6 is 46.9 Å². The first kappa shape index (κ1) is 24.5. The molecule has 1 aliphatic rings. The molecule has 0 aliphatic carbocycles. The van der Waals surface area contributed by atoms with E-state index in [0.717, 1.165) is 43.0 Å². The molecular weight excluding hydrogens is 497 g/mol. The van der Waals surface area contributed by atoms with Gasteiger partial charge in [0, 0.05) is 63.2 Å². The van der Waals surface area contributed by atoms with Gasteiger partial charge in [-0.05, 0) is 12.1 Å². The molecule has 0 radical (unpaired) electrons. The van der Waals surface area contributed by atoms with Crippen LogP contribution in [0, 0.1) is 5.41 Å². The second kappa shape index (κ2) is 11.4. The molecule has 2 heterocycles. The zero-order valence-corrected chi connectivity index (χ0v) is 20.5. The monoisotopic (exact) mass is 527 g/mol. The number of rotatable bonds is 5. The normalized spacial score (nSPS) is 16.0. The van der Waals surface area contributed by atoms with Crippen molar-refractivity contribution in [2.75, 3.05) is 46.3 Å². The van der Waals surface area contributed by atoms with Gasteiger partial charge in [-0.25, -0.2) is 0 Å². The smallest absolute Gasteiger partial charge is 0.225 e. The van der Waals surface area contributed by atoms with Gasteiger partial charge in [0.05, 0.1) is 4.34 Å². The fourth-order valence-electron chi connectivity index (χ4n) is 2.72. The van der Waals surface area contributed by atoms with Gasteiger partial charge in [0.15, 0.2) is 5.96 Å². The van der Waals surface area contributed by atoms with Crippen molar-refractivity contribution in [1.29, 1.82) is 0 Å². The van der Waals surface area contributed by atoms with E-state index in [1.54, 1.807) is 18.4 Å². The number of nitrogens with zero attached hydrogens (tertiary/aromatic N) is 3. The lowest BCUT2D eigenvalue weighted by Crippen LogP contribution is -2.53. The predicted molar refractivity (Wildman–Crippen MR) is 125 cm³/mol. The Bertz CT molecular complexity index is 624. The van der Waals surface area contributed by atoms with Crippen LogP contribution in [0.1, 0.15) is 25.6 Å².